The molecule has 2 N–H and O–H groups in total. The molecule has 1 fully saturated rings. The van der Waals surface area contributed by atoms with Gasteiger partial charge in [0, 0.05) is 12.2 Å². The third-order valence-electron chi connectivity index (χ3n) is 5.43. The standard InChI is InChI=1S/C23H28N2O2/c1-4-16-11-8-12-17(5-2)21(16)25-23(27)20-13-19(20)22(26)24-14-18-10-7-6-9-15(18)3/h6-12,19-20H,4-5,13-14H2,1-3H3,(H,24,26)(H,25,27). The van der Waals surface area contributed by atoms with Gasteiger partial charge < -0.3 is 10.6 Å². The third-order valence-corrected chi connectivity index (χ3v) is 5.43. The van der Waals surface area contributed by atoms with E-state index in [2.05, 4.69) is 24.5 Å². The number of carbonyl (C=O) groups is 2. The van der Waals surface area contributed by atoms with Crippen molar-refractivity contribution in [2.24, 2.45) is 11.8 Å². The topological polar surface area (TPSA) is 58.2 Å². The first-order valence-electron chi connectivity index (χ1n) is 9.79. The van der Waals surface area contributed by atoms with Crippen LogP contribution in [-0.4, -0.2) is 11.8 Å². The molecule has 1 aliphatic rings. The molecule has 2 unspecified atom stereocenters. The first kappa shape index (κ1) is 19.2. The zero-order chi connectivity index (χ0) is 19.4. The maximum atomic E-state index is 12.7. The highest BCUT2D eigenvalue weighted by Crippen LogP contribution is 2.40. The summed E-state index contributed by atoms with van der Waals surface area (Å²) >= 11 is 0. The van der Waals surface area contributed by atoms with Crippen LogP contribution in [0.3, 0.4) is 0 Å². The predicted molar refractivity (Wildman–Crippen MR) is 108 cm³/mol. The van der Waals surface area contributed by atoms with E-state index in [1.54, 1.807) is 0 Å². The molecule has 0 bridgehead atoms. The quantitative estimate of drug-likeness (QED) is 0.780. The minimum Gasteiger partial charge on any atom is -0.352 e. The minimum absolute atomic E-state index is 0.0297. The number of aryl methyl sites for hydroxylation is 3. The maximum Gasteiger partial charge on any atom is 0.228 e. The molecule has 1 aliphatic carbocycles. The summed E-state index contributed by atoms with van der Waals surface area (Å²) < 4.78 is 0. The molecule has 4 heteroatoms. The molecular formula is C23H28N2O2. The van der Waals surface area contributed by atoms with Crippen LogP contribution >= 0.6 is 0 Å². The lowest BCUT2D eigenvalue weighted by molar-refractivity contribution is -0.125. The van der Waals surface area contributed by atoms with E-state index in [0.29, 0.717) is 13.0 Å². The molecule has 1 saturated carbocycles. The van der Waals surface area contributed by atoms with Gasteiger partial charge in [0.05, 0.1) is 11.8 Å². The number of para-hydroxylation sites is 1. The number of hydrogen-bond donors (Lipinski definition) is 2. The summed E-state index contributed by atoms with van der Waals surface area (Å²) in [4.78, 5) is 25.1. The average Bonchev–Trinajstić information content (AvgIpc) is 3.48. The molecule has 27 heavy (non-hydrogen) atoms. The molecule has 0 aromatic heterocycles. The van der Waals surface area contributed by atoms with Gasteiger partial charge in [-0.05, 0) is 48.4 Å². The minimum atomic E-state index is -0.225. The van der Waals surface area contributed by atoms with E-state index in [-0.39, 0.29) is 23.7 Å². The largest absolute Gasteiger partial charge is 0.352 e. The number of anilines is 1. The van der Waals surface area contributed by atoms with Crippen LogP contribution in [-0.2, 0) is 29.0 Å². The molecule has 0 aliphatic heterocycles. The number of hydrogen-bond acceptors (Lipinski definition) is 2. The molecule has 0 heterocycles. The SMILES string of the molecule is CCc1cccc(CC)c1NC(=O)C1CC1C(=O)NCc1ccccc1C. The Bertz CT molecular complexity index is 822. The summed E-state index contributed by atoms with van der Waals surface area (Å²) in [5.74, 6) is -0.510. The summed E-state index contributed by atoms with van der Waals surface area (Å²) in [5, 5.41) is 6.07. The Kier molecular flexibility index (Phi) is 5.94. The molecule has 2 aromatic carbocycles. The van der Waals surface area contributed by atoms with Gasteiger partial charge in [-0.3, -0.25) is 9.59 Å². The summed E-state index contributed by atoms with van der Waals surface area (Å²) in [6, 6.07) is 14.1. The number of amides is 2. The van der Waals surface area contributed by atoms with E-state index in [1.165, 1.54) is 0 Å². The molecule has 142 valence electrons. The van der Waals surface area contributed by atoms with Crippen molar-refractivity contribution in [2.75, 3.05) is 5.32 Å². The highest BCUT2D eigenvalue weighted by Gasteiger charge is 2.48. The van der Waals surface area contributed by atoms with E-state index in [0.717, 1.165) is 40.8 Å². The Balaban J connectivity index is 1.58. The van der Waals surface area contributed by atoms with Crippen molar-refractivity contribution in [3.05, 3.63) is 64.7 Å². The molecule has 3 rings (SSSR count). The van der Waals surface area contributed by atoms with Crippen LogP contribution in [0.2, 0.25) is 0 Å². The lowest BCUT2D eigenvalue weighted by Crippen LogP contribution is -2.27. The smallest absolute Gasteiger partial charge is 0.228 e. The Morgan fingerprint density at radius 3 is 2.11 bits per heavy atom. The lowest BCUT2D eigenvalue weighted by atomic mass is 10.0. The van der Waals surface area contributed by atoms with Crippen molar-refractivity contribution in [1.29, 1.82) is 0 Å². The monoisotopic (exact) mass is 364 g/mol. The molecular weight excluding hydrogens is 336 g/mol. The average molecular weight is 364 g/mol. The van der Waals surface area contributed by atoms with Crippen molar-refractivity contribution in [3.63, 3.8) is 0 Å². The zero-order valence-corrected chi connectivity index (χ0v) is 16.3. The summed E-state index contributed by atoms with van der Waals surface area (Å²) in [6.45, 7) is 6.72. The van der Waals surface area contributed by atoms with Gasteiger partial charge in [-0.1, -0.05) is 56.3 Å². The van der Waals surface area contributed by atoms with E-state index < -0.39 is 0 Å². The fourth-order valence-electron chi connectivity index (χ4n) is 3.52. The van der Waals surface area contributed by atoms with Gasteiger partial charge in [0.25, 0.3) is 0 Å². The van der Waals surface area contributed by atoms with Crippen LogP contribution < -0.4 is 10.6 Å². The molecule has 0 radical (unpaired) electrons. The number of rotatable bonds is 7. The molecule has 2 atom stereocenters. The first-order valence-corrected chi connectivity index (χ1v) is 9.79. The molecule has 4 nitrogen and oxygen atoms in total. The van der Waals surface area contributed by atoms with Crippen LogP contribution in [0, 0.1) is 18.8 Å². The fraction of sp³-hybridized carbons (Fsp3) is 0.391. The summed E-state index contributed by atoms with van der Waals surface area (Å²) in [6.07, 6.45) is 2.37. The van der Waals surface area contributed by atoms with Gasteiger partial charge >= 0.3 is 0 Å². The Morgan fingerprint density at radius 2 is 1.48 bits per heavy atom. The molecule has 2 aromatic rings. The van der Waals surface area contributed by atoms with Crippen LogP contribution in [0.1, 0.15) is 42.5 Å². The number of nitrogens with one attached hydrogen (secondary N) is 2. The van der Waals surface area contributed by atoms with Crippen LogP contribution in [0.5, 0.6) is 0 Å². The van der Waals surface area contributed by atoms with E-state index in [1.807, 2.05) is 49.4 Å². The second kappa shape index (κ2) is 8.38. The van der Waals surface area contributed by atoms with Crippen molar-refractivity contribution in [3.8, 4) is 0 Å². The van der Waals surface area contributed by atoms with Crippen molar-refractivity contribution in [2.45, 2.75) is 46.6 Å². The highest BCUT2D eigenvalue weighted by atomic mass is 16.2. The Hall–Kier alpha value is -2.62. The van der Waals surface area contributed by atoms with Crippen molar-refractivity contribution >= 4 is 17.5 Å². The first-order chi connectivity index (χ1) is 13.0. The van der Waals surface area contributed by atoms with Gasteiger partial charge in [-0.2, -0.15) is 0 Å². The van der Waals surface area contributed by atoms with E-state index in [4.69, 9.17) is 0 Å². The van der Waals surface area contributed by atoms with Crippen molar-refractivity contribution in [1.82, 2.24) is 5.32 Å². The van der Waals surface area contributed by atoms with E-state index >= 15 is 0 Å². The molecule has 0 saturated heterocycles. The second-order valence-electron chi connectivity index (χ2n) is 7.24. The molecule has 0 spiro atoms. The van der Waals surface area contributed by atoms with Crippen LogP contribution in [0.15, 0.2) is 42.5 Å². The number of carbonyl (C=O) groups excluding carboxylic acids is 2. The predicted octanol–water partition coefficient (Wildman–Crippen LogP) is 4.01. The Morgan fingerprint density at radius 1 is 0.889 bits per heavy atom. The van der Waals surface area contributed by atoms with Crippen LogP contribution in [0.25, 0.3) is 0 Å². The highest BCUT2D eigenvalue weighted by molar-refractivity contribution is 6.00. The fourth-order valence-corrected chi connectivity index (χ4v) is 3.52. The van der Waals surface area contributed by atoms with Crippen molar-refractivity contribution < 1.29 is 9.59 Å². The van der Waals surface area contributed by atoms with Gasteiger partial charge in [-0.15, -0.1) is 0 Å². The number of benzene rings is 2. The van der Waals surface area contributed by atoms with Crippen LogP contribution in [0.4, 0.5) is 5.69 Å². The molecule has 2 amide bonds. The summed E-state index contributed by atoms with van der Waals surface area (Å²) in [5.41, 5.74) is 5.48. The van der Waals surface area contributed by atoms with Gasteiger partial charge in [0.15, 0.2) is 0 Å². The third kappa shape index (κ3) is 4.38. The second-order valence-corrected chi connectivity index (χ2v) is 7.24. The van der Waals surface area contributed by atoms with E-state index in [9.17, 15) is 9.59 Å². The Labute approximate surface area is 161 Å². The van der Waals surface area contributed by atoms with Gasteiger partial charge in [0.1, 0.15) is 0 Å². The lowest BCUT2D eigenvalue weighted by Gasteiger charge is -2.14. The van der Waals surface area contributed by atoms with Gasteiger partial charge in [-0.25, -0.2) is 0 Å². The summed E-state index contributed by atoms with van der Waals surface area (Å²) in [7, 11) is 0. The normalized spacial score (nSPS) is 18.0. The zero-order valence-electron chi connectivity index (χ0n) is 16.3. The van der Waals surface area contributed by atoms with Gasteiger partial charge in [0.2, 0.25) is 11.8 Å². The maximum absolute atomic E-state index is 12.7.